The fraction of sp³-hybridized carbons (Fsp3) is 0.267. The van der Waals surface area contributed by atoms with E-state index in [-0.39, 0.29) is 5.69 Å². The van der Waals surface area contributed by atoms with E-state index in [1.165, 1.54) is 49.0 Å². The molecule has 1 aliphatic carbocycles. The van der Waals surface area contributed by atoms with Crippen LogP contribution in [0, 0.1) is 0 Å². The molecule has 0 bridgehead atoms. The molecule has 102 valence electrons. The highest BCUT2D eigenvalue weighted by molar-refractivity contribution is 7.99. The molecule has 0 N–H and O–H groups in total. The van der Waals surface area contributed by atoms with Crippen molar-refractivity contribution in [2.45, 2.75) is 29.2 Å². The second-order valence-corrected chi connectivity index (χ2v) is 5.71. The fourth-order valence-electron chi connectivity index (χ4n) is 2.33. The molecular weight excluding hydrogens is 272 g/mol. The minimum atomic E-state index is -0.464. The van der Waals surface area contributed by atoms with E-state index in [1.54, 1.807) is 6.20 Å². The molecule has 1 heterocycles. The zero-order chi connectivity index (χ0) is 13.9. The van der Waals surface area contributed by atoms with E-state index in [1.807, 2.05) is 0 Å². The van der Waals surface area contributed by atoms with Gasteiger partial charge in [-0.2, -0.15) is 0 Å². The van der Waals surface area contributed by atoms with Gasteiger partial charge >= 0.3 is 5.97 Å². The molecule has 0 atom stereocenters. The van der Waals surface area contributed by atoms with Crippen LogP contribution in [-0.4, -0.2) is 23.0 Å². The molecule has 20 heavy (non-hydrogen) atoms. The van der Waals surface area contributed by atoms with Crippen LogP contribution in [0.15, 0.2) is 40.5 Å². The Bertz CT molecular complexity index is 658. The third-order valence-corrected chi connectivity index (χ3v) is 4.19. The second-order valence-electron chi connectivity index (χ2n) is 4.62. The zero-order valence-electron chi connectivity index (χ0n) is 11.1. The molecule has 0 aliphatic heterocycles. The minimum absolute atomic E-state index is 0.235. The molecule has 0 unspecified atom stereocenters. The van der Waals surface area contributed by atoms with Crippen molar-refractivity contribution in [2.24, 2.45) is 0 Å². The predicted molar refractivity (Wildman–Crippen MR) is 76.0 cm³/mol. The summed E-state index contributed by atoms with van der Waals surface area (Å²) < 4.78 is 4.65. The highest BCUT2D eigenvalue weighted by atomic mass is 32.2. The summed E-state index contributed by atoms with van der Waals surface area (Å²) in [4.78, 5) is 20.9. The van der Waals surface area contributed by atoms with Crippen molar-refractivity contribution in [2.75, 3.05) is 7.11 Å². The van der Waals surface area contributed by atoms with Crippen molar-refractivity contribution in [3.8, 4) is 0 Å². The number of ether oxygens (including phenoxy) is 1. The Labute approximate surface area is 121 Å². The first-order chi connectivity index (χ1) is 9.76. The van der Waals surface area contributed by atoms with Gasteiger partial charge in [-0.1, -0.05) is 17.8 Å². The molecule has 5 heteroatoms. The van der Waals surface area contributed by atoms with Crippen LogP contribution in [-0.2, 0) is 17.6 Å². The summed E-state index contributed by atoms with van der Waals surface area (Å²) >= 11 is 1.51. The Morgan fingerprint density at radius 2 is 2.10 bits per heavy atom. The zero-order valence-corrected chi connectivity index (χ0v) is 11.9. The van der Waals surface area contributed by atoms with Gasteiger partial charge in [0.1, 0.15) is 5.03 Å². The third-order valence-electron chi connectivity index (χ3n) is 3.30. The van der Waals surface area contributed by atoms with Gasteiger partial charge in [-0.3, -0.25) is 4.98 Å². The number of fused-ring (bicyclic) bond motifs is 1. The summed E-state index contributed by atoms with van der Waals surface area (Å²) in [6.45, 7) is 0. The molecule has 0 amide bonds. The lowest BCUT2D eigenvalue weighted by atomic mass is 10.1. The normalized spacial score (nSPS) is 13.1. The summed E-state index contributed by atoms with van der Waals surface area (Å²) in [7, 11) is 1.34. The average Bonchev–Trinajstić information content (AvgIpc) is 2.94. The molecule has 0 spiro atoms. The van der Waals surface area contributed by atoms with E-state index < -0.39 is 5.97 Å². The van der Waals surface area contributed by atoms with Gasteiger partial charge in [-0.15, -0.1) is 0 Å². The fourth-order valence-corrected chi connectivity index (χ4v) is 3.17. The Balaban J connectivity index is 1.82. The molecule has 0 saturated carbocycles. The summed E-state index contributed by atoms with van der Waals surface area (Å²) in [5.41, 5.74) is 3.11. The van der Waals surface area contributed by atoms with Crippen molar-refractivity contribution in [3.05, 3.63) is 47.4 Å². The molecule has 1 aromatic carbocycles. The molecular formula is C15H14N2O2S. The Kier molecular flexibility index (Phi) is 3.69. The number of aryl methyl sites for hydroxylation is 2. The van der Waals surface area contributed by atoms with Crippen molar-refractivity contribution in [1.29, 1.82) is 0 Å². The SMILES string of the molecule is COC(=O)c1cncc(Sc2ccc3c(c2)CCC3)n1. The van der Waals surface area contributed by atoms with Gasteiger partial charge in [0.2, 0.25) is 0 Å². The number of esters is 1. The van der Waals surface area contributed by atoms with Gasteiger partial charge in [-0.25, -0.2) is 9.78 Å². The minimum Gasteiger partial charge on any atom is -0.464 e. The molecule has 4 nitrogen and oxygen atoms in total. The largest absolute Gasteiger partial charge is 0.464 e. The Morgan fingerprint density at radius 1 is 1.25 bits per heavy atom. The number of hydrogen-bond donors (Lipinski definition) is 0. The quantitative estimate of drug-likeness (QED) is 0.812. The molecule has 2 aromatic rings. The molecule has 1 aliphatic rings. The Morgan fingerprint density at radius 3 is 2.95 bits per heavy atom. The van der Waals surface area contributed by atoms with Gasteiger partial charge in [0, 0.05) is 4.90 Å². The van der Waals surface area contributed by atoms with E-state index in [2.05, 4.69) is 32.9 Å². The summed E-state index contributed by atoms with van der Waals surface area (Å²) in [6, 6.07) is 6.49. The van der Waals surface area contributed by atoms with E-state index >= 15 is 0 Å². The maximum absolute atomic E-state index is 11.4. The van der Waals surface area contributed by atoms with Gasteiger partial charge in [0.25, 0.3) is 0 Å². The number of benzene rings is 1. The summed E-state index contributed by atoms with van der Waals surface area (Å²) in [5.74, 6) is -0.464. The van der Waals surface area contributed by atoms with Crippen molar-refractivity contribution in [1.82, 2.24) is 9.97 Å². The summed E-state index contributed by atoms with van der Waals surface area (Å²) in [6.07, 6.45) is 6.64. The van der Waals surface area contributed by atoms with E-state index in [4.69, 9.17) is 0 Å². The third kappa shape index (κ3) is 2.67. The molecule has 3 rings (SSSR count). The number of hydrogen-bond acceptors (Lipinski definition) is 5. The second kappa shape index (κ2) is 5.63. The van der Waals surface area contributed by atoms with Crippen LogP contribution in [0.3, 0.4) is 0 Å². The first kappa shape index (κ1) is 13.1. The molecule has 0 radical (unpaired) electrons. The standard InChI is InChI=1S/C15H14N2O2S/c1-19-15(18)13-8-16-9-14(17-13)20-12-6-5-10-3-2-4-11(10)7-12/h5-9H,2-4H2,1H3. The van der Waals surface area contributed by atoms with Crippen LogP contribution in [0.25, 0.3) is 0 Å². The van der Waals surface area contributed by atoms with Crippen LogP contribution in [0.4, 0.5) is 0 Å². The van der Waals surface area contributed by atoms with Gasteiger partial charge in [-0.05, 0) is 42.5 Å². The lowest BCUT2D eigenvalue weighted by Crippen LogP contribution is -2.05. The predicted octanol–water partition coefficient (Wildman–Crippen LogP) is 2.90. The van der Waals surface area contributed by atoms with E-state index in [9.17, 15) is 4.79 Å². The number of carbonyl (C=O) groups is 1. The Hall–Kier alpha value is -1.88. The van der Waals surface area contributed by atoms with Gasteiger partial charge < -0.3 is 4.74 Å². The highest BCUT2D eigenvalue weighted by Gasteiger charge is 2.13. The van der Waals surface area contributed by atoms with Gasteiger partial charge in [0.15, 0.2) is 5.69 Å². The van der Waals surface area contributed by atoms with E-state index in [0.717, 1.165) is 11.3 Å². The average molecular weight is 286 g/mol. The van der Waals surface area contributed by atoms with Gasteiger partial charge in [0.05, 0.1) is 19.5 Å². The molecule has 0 fully saturated rings. The van der Waals surface area contributed by atoms with Crippen molar-refractivity contribution < 1.29 is 9.53 Å². The topological polar surface area (TPSA) is 52.1 Å². The smallest absolute Gasteiger partial charge is 0.358 e. The first-order valence-corrected chi connectivity index (χ1v) is 7.28. The molecule has 1 aromatic heterocycles. The maximum Gasteiger partial charge on any atom is 0.358 e. The van der Waals surface area contributed by atoms with Crippen molar-refractivity contribution >= 4 is 17.7 Å². The van der Waals surface area contributed by atoms with Crippen LogP contribution in [0.5, 0.6) is 0 Å². The highest BCUT2D eigenvalue weighted by Crippen LogP contribution is 2.30. The van der Waals surface area contributed by atoms with Crippen LogP contribution >= 0.6 is 11.8 Å². The van der Waals surface area contributed by atoms with Crippen LogP contribution in [0.2, 0.25) is 0 Å². The number of rotatable bonds is 3. The number of aromatic nitrogens is 2. The maximum atomic E-state index is 11.4. The number of nitrogens with zero attached hydrogens (tertiary/aromatic N) is 2. The number of carbonyl (C=O) groups excluding carboxylic acids is 1. The number of methoxy groups -OCH3 is 1. The van der Waals surface area contributed by atoms with Crippen LogP contribution in [0.1, 0.15) is 28.0 Å². The monoisotopic (exact) mass is 286 g/mol. The van der Waals surface area contributed by atoms with E-state index in [0.29, 0.717) is 5.03 Å². The first-order valence-electron chi connectivity index (χ1n) is 6.46. The summed E-state index contributed by atoms with van der Waals surface area (Å²) in [5, 5.41) is 0.700. The van der Waals surface area contributed by atoms with Crippen LogP contribution < -0.4 is 0 Å². The lowest BCUT2D eigenvalue weighted by molar-refractivity contribution is 0.0592. The van der Waals surface area contributed by atoms with Crippen molar-refractivity contribution in [3.63, 3.8) is 0 Å². The lowest BCUT2D eigenvalue weighted by Gasteiger charge is -2.05. The molecule has 0 saturated heterocycles.